The number of rotatable bonds is 14. The maximum atomic E-state index is 13.4. The Balaban J connectivity index is 1.33. The number of ether oxygens (including phenoxy) is 3. The number of carbonyl (C=O) groups excluding carboxylic acids is 1. The predicted octanol–water partition coefficient (Wildman–Crippen LogP) is 5.24. The van der Waals surface area contributed by atoms with Gasteiger partial charge in [-0.3, -0.25) is 14.6 Å². The van der Waals surface area contributed by atoms with Gasteiger partial charge in [0.25, 0.3) is 5.91 Å². The Morgan fingerprint density at radius 3 is 2.58 bits per heavy atom. The van der Waals surface area contributed by atoms with Gasteiger partial charge in [-0.05, 0) is 60.7 Å². The highest BCUT2D eigenvalue weighted by atomic mass is 35.5. The number of morpholine rings is 1. The molecule has 228 valence electrons. The van der Waals surface area contributed by atoms with E-state index in [0.29, 0.717) is 57.8 Å². The predicted molar refractivity (Wildman–Crippen MR) is 172 cm³/mol. The van der Waals surface area contributed by atoms with Gasteiger partial charge in [0.1, 0.15) is 22.4 Å². The van der Waals surface area contributed by atoms with Crippen LogP contribution >= 0.6 is 35.6 Å². The molecule has 2 aliphatic rings. The number of thiocarbonyl (C=S) groups is 1. The number of aromatic nitrogens is 4. The lowest BCUT2D eigenvalue weighted by molar-refractivity contribution is -0.122. The molecule has 43 heavy (non-hydrogen) atoms. The molecule has 2 aromatic carbocycles. The molecule has 1 amide bonds. The van der Waals surface area contributed by atoms with Crippen molar-refractivity contribution in [2.24, 2.45) is 0 Å². The molecule has 0 spiro atoms. The van der Waals surface area contributed by atoms with Crippen LogP contribution < -0.4 is 9.47 Å². The van der Waals surface area contributed by atoms with E-state index >= 15 is 0 Å². The molecule has 0 unspecified atom stereocenters. The SMILES string of the molecule is CCCOc1ccc(-c2ccc(OCCN3CCOCC3)c(/C=C3\SC(=S)N(CCCCc4nn[nH]n4)C3=O)c2)cc1Cl. The van der Waals surface area contributed by atoms with E-state index < -0.39 is 0 Å². The van der Waals surface area contributed by atoms with Crippen molar-refractivity contribution in [1.29, 1.82) is 0 Å². The molecule has 10 nitrogen and oxygen atoms in total. The number of carbonyl (C=O) groups is 1. The summed E-state index contributed by atoms with van der Waals surface area (Å²) < 4.78 is 18.0. The molecule has 2 fully saturated rings. The first-order valence-electron chi connectivity index (χ1n) is 14.5. The highest BCUT2D eigenvalue weighted by Crippen LogP contribution is 2.37. The van der Waals surface area contributed by atoms with Crippen LogP contribution in [0.2, 0.25) is 5.02 Å². The van der Waals surface area contributed by atoms with Crippen LogP contribution in [0.15, 0.2) is 41.3 Å². The Labute approximate surface area is 266 Å². The number of thioether (sulfide) groups is 1. The molecule has 13 heteroatoms. The van der Waals surface area contributed by atoms with Gasteiger partial charge in [-0.15, -0.1) is 10.2 Å². The lowest BCUT2D eigenvalue weighted by Crippen LogP contribution is -2.38. The largest absolute Gasteiger partial charge is 0.492 e. The van der Waals surface area contributed by atoms with Gasteiger partial charge in [0, 0.05) is 38.2 Å². The standard InChI is InChI=1S/C30H35ClN6O4S2/c1-2-14-40-26-9-7-22(19-24(26)31)21-6-8-25(41-17-13-36-11-15-39-16-12-36)23(18-21)20-27-29(38)37(30(42)43-27)10-4-3-5-28-32-34-35-33-28/h6-9,18-20H,2-5,10-17H2,1H3,(H,32,33,34,35)/b27-20-. The highest BCUT2D eigenvalue weighted by Gasteiger charge is 2.32. The molecule has 2 saturated heterocycles. The first kappa shape index (κ1) is 31.4. The van der Waals surface area contributed by atoms with Crippen molar-refractivity contribution in [1.82, 2.24) is 30.4 Å². The average molecular weight is 643 g/mol. The molecule has 0 radical (unpaired) electrons. The van der Waals surface area contributed by atoms with Crippen molar-refractivity contribution >= 4 is 51.9 Å². The van der Waals surface area contributed by atoms with E-state index in [0.717, 1.165) is 68.8 Å². The highest BCUT2D eigenvalue weighted by molar-refractivity contribution is 8.26. The van der Waals surface area contributed by atoms with Gasteiger partial charge in [0.15, 0.2) is 5.82 Å². The number of tetrazole rings is 1. The van der Waals surface area contributed by atoms with Crippen LogP contribution in [0.1, 0.15) is 37.6 Å². The summed E-state index contributed by atoms with van der Waals surface area (Å²) in [5, 5.41) is 14.6. The number of amides is 1. The molecular formula is C30H35ClN6O4S2. The second-order valence-electron chi connectivity index (χ2n) is 10.2. The van der Waals surface area contributed by atoms with Gasteiger partial charge in [0.05, 0.1) is 29.7 Å². The van der Waals surface area contributed by atoms with Crippen molar-refractivity contribution < 1.29 is 19.0 Å². The van der Waals surface area contributed by atoms with Gasteiger partial charge in [0.2, 0.25) is 0 Å². The fourth-order valence-corrected chi connectivity index (χ4v) is 6.30. The minimum absolute atomic E-state index is 0.0975. The van der Waals surface area contributed by atoms with Crippen LogP contribution in [0, 0.1) is 0 Å². The third kappa shape index (κ3) is 8.54. The lowest BCUT2D eigenvalue weighted by atomic mass is 10.0. The Kier molecular flexibility index (Phi) is 11.4. The summed E-state index contributed by atoms with van der Waals surface area (Å²) in [5.41, 5.74) is 2.70. The molecule has 3 heterocycles. The van der Waals surface area contributed by atoms with E-state index in [2.05, 4.69) is 32.4 Å². The van der Waals surface area contributed by atoms with E-state index in [9.17, 15) is 4.79 Å². The van der Waals surface area contributed by atoms with Crippen LogP contribution in [0.3, 0.4) is 0 Å². The molecular weight excluding hydrogens is 608 g/mol. The minimum Gasteiger partial charge on any atom is -0.492 e. The number of nitrogens with one attached hydrogen (secondary N) is 1. The Morgan fingerprint density at radius 1 is 1.07 bits per heavy atom. The molecule has 0 bridgehead atoms. The summed E-state index contributed by atoms with van der Waals surface area (Å²) in [6, 6.07) is 11.8. The molecule has 0 aliphatic carbocycles. The van der Waals surface area contributed by atoms with E-state index in [-0.39, 0.29) is 5.91 Å². The third-order valence-electron chi connectivity index (χ3n) is 7.09. The number of unbranched alkanes of at least 4 members (excludes halogenated alkanes) is 1. The third-order valence-corrected chi connectivity index (χ3v) is 8.76. The number of benzene rings is 2. The molecule has 1 aromatic heterocycles. The first-order valence-corrected chi connectivity index (χ1v) is 16.1. The first-order chi connectivity index (χ1) is 21.0. The summed E-state index contributed by atoms with van der Waals surface area (Å²) in [5.74, 6) is 1.93. The summed E-state index contributed by atoms with van der Waals surface area (Å²) in [6.07, 6.45) is 5.07. The zero-order valence-corrected chi connectivity index (χ0v) is 26.5. The van der Waals surface area contributed by atoms with Crippen molar-refractivity contribution in [2.45, 2.75) is 32.6 Å². The monoisotopic (exact) mass is 642 g/mol. The Hall–Kier alpha value is -3.03. The summed E-state index contributed by atoms with van der Waals surface area (Å²) in [6.45, 7) is 7.79. The molecule has 0 atom stereocenters. The van der Waals surface area contributed by atoms with Crippen molar-refractivity contribution in [3.63, 3.8) is 0 Å². The second kappa shape index (κ2) is 15.6. The molecule has 5 rings (SSSR count). The number of aryl methyl sites for hydroxylation is 1. The maximum Gasteiger partial charge on any atom is 0.266 e. The van der Waals surface area contributed by atoms with Gasteiger partial charge in [-0.2, -0.15) is 5.21 Å². The number of hydrogen-bond acceptors (Lipinski definition) is 10. The van der Waals surface area contributed by atoms with Crippen LogP contribution in [-0.2, 0) is 16.0 Å². The fourth-order valence-electron chi connectivity index (χ4n) is 4.77. The van der Waals surface area contributed by atoms with Gasteiger partial charge in [-0.25, -0.2) is 0 Å². The van der Waals surface area contributed by atoms with Gasteiger partial charge < -0.3 is 14.2 Å². The molecule has 0 saturated carbocycles. The molecule has 2 aliphatic heterocycles. The summed E-state index contributed by atoms with van der Waals surface area (Å²) in [7, 11) is 0. The zero-order chi connectivity index (χ0) is 30.0. The Morgan fingerprint density at radius 2 is 1.84 bits per heavy atom. The minimum atomic E-state index is -0.0975. The van der Waals surface area contributed by atoms with Crippen LogP contribution in [0.5, 0.6) is 11.5 Å². The number of aromatic amines is 1. The van der Waals surface area contributed by atoms with E-state index in [4.69, 9.17) is 38.0 Å². The average Bonchev–Trinajstić information content (AvgIpc) is 3.63. The Bertz CT molecular complexity index is 1430. The van der Waals surface area contributed by atoms with Crippen LogP contribution in [-0.4, -0.2) is 93.3 Å². The van der Waals surface area contributed by atoms with Crippen LogP contribution in [0.4, 0.5) is 0 Å². The number of halogens is 1. The normalized spacial score (nSPS) is 16.8. The number of nitrogens with zero attached hydrogens (tertiary/aromatic N) is 5. The topological polar surface area (TPSA) is 106 Å². The van der Waals surface area contributed by atoms with Crippen molar-refractivity contribution in [2.75, 3.05) is 52.6 Å². The molecule has 3 aromatic rings. The quantitative estimate of drug-likeness (QED) is 0.142. The number of H-pyrrole nitrogens is 1. The van der Waals surface area contributed by atoms with Crippen molar-refractivity contribution in [3.8, 4) is 22.6 Å². The van der Waals surface area contributed by atoms with E-state index in [1.165, 1.54) is 11.8 Å². The lowest BCUT2D eigenvalue weighted by Gasteiger charge is -2.26. The van der Waals surface area contributed by atoms with E-state index in [1.54, 1.807) is 4.90 Å². The number of hydrogen-bond donors (Lipinski definition) is 1. The van der Waals surface area contributed by atoms with Gasteiger partial charge >= 0.3 is 0 Å². The zero-order valence-electron chi connectivity index (χ0n) is 24.1. The van der Waals surface area contributed by atoms with Crippen molar-refractivity contribution in [3.05, 3.63) is 57.7 Å². The summed E-state index contributed by atoms with van der Waals surface area (Å²) in [4.78, 5) is 18.0. The van der Waals surface area contributed by atoms with E-state index in [1.807, 2.05) is 42.5 Å². The van der Waals surface area contributed by atoms with Gasteiger partial charge in [-0.1, -0.05) is 59.9 Å². The fraction of sp³-hybridized carbons (Fsp3) is 0.433. The van der Waals surface area contributed by atoms with Crippen LogP contribution in [0.25, 0.3) is 17.2 Å². The summed E-state index contributed by atoms with van der Waals surface area (Å²) >= 11 is 13.4. The smallest absolute Gasteiger partial charge is 0.266 e. The maximum absolute atomic E-state index is 13.4. The second-order valence-corrected chi connectivity index (χ2v) is 12.3. The molecule has 1 N–H and O–H groups in total.